The van der Waals surface area contributed by atoms with E-state index in [0.29, 0.717) is 5.56 Å². The van der Waals surface area contributed by atoms with E-state index in [1.807, 2.05) is 0 Å². The van der Waals surface area contributed by atoms with Crippen LogP contribution in [-0.4, -0.2) is 14.9 Å². The minimum Gasteiger partial charge on any atom is -0.378 e. The first-order valence-corrected chi connectivity index (χ1v) is 5.69. The predicted octanol–water partition coefficient (Wildman–Crippen LogP) is 1.59. The molecule has 0 amide bonds. The van der Waals surface area contributed by atoms with Crippen molar-refractivity contribution in [1.29, 1.82) is 0 Å². The van der Waals surface area contributed by atoms with Crippen LogP contribution in [0.4, 0.5) is 21.8 Å². The maximum Gasteiger partial charge on any atom is 0.332 e. The number of nitrogens with zero attached hydrogens (tertiary/aromatic N) is 3. The number of aromatic nitrogens is 2. The van der Waals surface area contributed by atoms with Gasteiger partial charge in [-0.2, -0.15) is 4.98 Å². The molecule has 0 aliphatic carbocycles. The second-order valence-electron chi connectivity index (χ2n) is 4.27. The highest BCUT2D eigenvalue weighted by Crippen LogP contribution is 2.27. The summed E-state index contributed by atoms with van der Waals surface area (Å²) in [6.07, 6.45) is 0.0524. The minimum atomic E-state index is -0.668. The van der Waals surface area contributed by atoms with Gasteiger partial charge in [0, 0.05) is 6.42 Å². The SMILES string of the molecule is Cc1ccc(F)cc1Cc1nc(N)nc(N)c1[N+](=O)[O-]. The summed E-state index contributed by atoms with van der Waals surface area (Å²) < 4.78 is 13.3. The van der Waals surface area contributed by atoms with Crippen LogP contribution < -0.4 is 11.5 Å². The summed E-state index contributed by atoms with van der Waals surface area (Å²) >= 11 is 0. The monoisotopic (exact) mass is 277 g/mol. The molecule has 0 spiro atoms. The Kier molecular flexibility index (Phi) is 3.47. The van der Waals surface area contributed by atoms with Gasteiger partial charge in [-0.05, 0) is 30.2 Å². The van der Waals surface area contributed by atoms with Gasteiger partial charge in [0.25, 0.3) is 0 Å². The number of nitrogen functional groups attached to an aromatic ring is 2. The van der Waals surface area contributed by atoms with E-state index in [2.05, 4.69) is 9.97 Å². The number of nitrogens with two attached hydrogens (primary N) is 2. The third-order valence-corrected chi connectivity index (χ3v) is 2.85. The molecule has 104 valence electrons. The summed E-state index contributed by atoms with van der Waals surface area (Å²) in [4.78, 5) is 17.8. The van der Waals surface area contributed by atoms with Crippen molar-refractivity contribution in [3.63, 3.8) is 0 Å². The van der Waals surface area contributed by atoms with Gasteiger partial charge in [0.15, 0.2) is 0 Å². The van der Waals surface area contributed by atoms with E-state index >= 15 is 0 Å². The molecule has 0 aliphatic heterocycles. The van der Waals surface area contributed by atoms with Crippen LogP contribution in [0.15, 0.2) is 18.2 Å². The maximum absolute atomic E-state index is 13.3. The Morgan fingerprint density at radius 1 is 1.35 bits per heavy atom. The Bertz CT molecular complexity index is 690. The average Bonchev–Trinajstić information content (AvgIpc) is 2.32. The van der Waals surface area contributed by atoms with Crippen LogP contribution in [-0.2, 0) is 6.42 Å². The van der Waals surface area contributed by atoms with Crippen molar-refractivity contribution in [3.05, 3.63) is 51.0 Å². The lowest BCUT2D eigenvalue weighted by Crippen LogP contribution is -2.09. The molecule has 0 fully saturated rings. The zero-order chi connectivity index (χ0) is 14.9. The first kappa shape index (κ1) is 13.7. The van der Waals surface area contributed by atoms with E-state index in [4.69, 9.17) is 11.5 Å². The standard InChI is InChI=1S/C12H12FN5O2/c1-6-2-3-8(13)4-7(6)5-9-10(18(19)20)11(14)17-12(15)16-9/h2-4H,5H2,1H3,(H4,14,15,16,17). The van der Waals surface area contributed by atoms with Crippen LogP contribution in [0.3, 0.4) is 0 Å². The van der Waals surface area contributed by atoms with Crippen LogP contribution >= 0.6 is 0 Å². The molecule has 1 aromatic carbocycles. The Balaban J connectivity index is 2.53. The quantitative estimate of drug-likeness (QED) is 0.649. The minimum absolute atomic E-state index is 0.0524. The molecule has 0 saturated carbocycles. The zero-order valence-electron chi connectivity index (χ0n) is 10.6. The number of rotatable bonds is 3. The van der Waals surface area contributed by atoms with Gasteiger partial charge >= 0.3 is 5.69 Å². The zero-order valence-corrected chi connectivity index (χ0v) is 10.6. The molecule has 0 aliphatic rings. The molecular weight excluding hydrogens is 265 g/mol. The van der Waals surface area contributed by atoms with Gasteiger partial charge in [-0.1, -0.05) is 6.07 Å². The van der Waals surface area contributed by atoms with Crippen molar-refractivity contribution in [3.8, 4) is 0 Å². The number of hydrogen-bond acceptors (Lipinski definition) is 6. The Morgan fingerprint density at radius 3 is 2.70 bits per heavy atom. The number of anilines is 2. The van der Waals surface area contributed by atoms with E-state index in [1.54, 1.807) is 13.0 Å². The van der Waals surface area contributed by atoms with Crippen molar-refractivity contribution >= 4 is 17.5 Å². The van der Waals surface area contributed by atoms with Gasteiger partial charge in [0.05, 0.1) is 4.92 Å². The van der Waals surface area contributed by atoms with Gasteiger partial charge in [0.1, 0.15) is 11.5 Å². The molecule has 7 nitrogen and oxygen atoms in total. The summed E-state index contributed by atoms with van der Waals surface area (Å²) in [7, 11) is 0. The molecule has 8 heteroatoms. The number of benzene rings is 1. The molecule has 0 bridgehead atoms. The van der Waals surface area contributed by atoms with Crippen molar-refractivity contribution < 1.29 is 9.31 Å². The second kappa shape index (κ2) is 5.08. The van der Waals surface area contributed by atoms with E-state index < -0.39 is 16.4 Å². The second-order valence-corrected chi connectivity index (χ2v) is 4.27. The maximum atomic E-state index is 13.3. The van der Waals surface area contributed by atoms with Gasteiger partial charge in [0.2, 0.25) is 11.8 Å². The number of hydrogen-bond donors (Lipinski definition) is 2. The van der Waals surface area contributed by atoms with E-state index in [9.17, 15) is 14.5 Å². The van der Waals surface area contributed by atoms with Gasteiger partial charge in [-0.3, -0.25) is 10.1 Å². The molecule has 0 unspecified atom stereocenters. The van der Waals surface area contributed by atoms with Crippen LogP contribution in [0.5, 0.6) is 0 Å². The van der Waals surface area contributed by atoms with Gasteiger partial charge < -0.3 is 11.5 Å². The van der Waals surface area contributed by atoms with Crippen molar-refractivity contribution in [2.24, 2.45) is 0 Å². The third-order valence-electron chi connectivity index (χ3n) is 2.85. The molecule has 0 atom stereocenters. The van der Waals surface area contributed by atoms with E-state index in [1.165, 1.54) is 12.1 Å². The third kappa shape index (κ3) is 2.63. The highest BCUT2D eigenvalue weighted by Gasteiger charge is 2.22. The smallest absolute Gasteiger partial charge is 0.332 e. The molecule has 1 aromatic heterocycles. The molecular formula is C12H12FN5O2. The first-order valence-electron chi connectivity index (χ1n) is 5.69. The van der Waals surface area contributed by atoms with Crippen molar-refractivity contribution in [1.82, 2.24) is 9.97 Å². The summed E-state index contributed by atoms with van der Waals surface area (Å²) in [5.41, 5.74) is 12.0. The van der Waals surface area contributed by atoms with Crippen LogP contribution in [0.1, 0.15) is 16.8 Å². The summed E-state index contributed by atoms with van der Waals surface area (Å²) in [5, 5.41) is 11.0. The molecule has 1 heterocycles. The number of halogens is 1. The fourth-order valence-electron chi connectivity index (χ4n) is 1.87. The highest BCUT2D eigenvalue weighted by atomic mass is 19.1. The average molecular weight is 277 g/mol. The molecule has 4 N–H and O–H groups in total. The van der Waals surface area contributed by atoms with Gasteiger partial charge in [-0.25, -0.2) is 9.37 Å². The van der Waals surface area contributed by atoms with Crippen molar-refractivity contribution in [2.45, 2.75) is 13.3 Å². The molecule has 20 heavy (non-hydrogen) atoms. The summed E-state index contributed by atoms with van der Waals surface area (Å²) in [5.74, 6) is -0.882. The highest BCUT2D eigenvalue weighted by molar-refractivity contribution is 5.58. The topological polar surface area (TPSA) is 121 Å². The molecule has 0 saturated heterocycles. The normalized spacial score (nSPS) is 10.5. The van der Waals surface area contributed by atoms with Crippen molar-refractivity contribution in [2.75, 3.05) is 11.5 Å². The lowest BCUT2D eigenvalue weighted by atomic mass is 10.0. The van der Waals surface area contributed by atoms with Crippen LogP contribution in [0.2, 0.25) is 0 Å². The van der Waals surface area contributed by atoms with Crippen LogP contribution in [0, 0.1) is 22.9 Å². The molecule has 2 aromatic rings. The van der Waals surface area contributed by atoms with Crippen LogP contribution in [0.25, 0.3) is 0 Å². The lowest BCUT2D eigenvalue weighted by molar-refractivity contribution is -0.385. The first-order chi connectivity index (χ1) is 9.38. The Morgan fingerprint density at radius 2 is 2.05 bits per heavy atom. The largest absolute Gasteiger partial charge is 0.378 e. The molecule has 0 radical (unpaired) electrons. The van der Waals surface area contributed by atoms with E-state index in [-0.39, 0.29) is 23.9 Å². The number of aryl methyl sites for hydroxylation is 1. The lowest BCUT2D eigenvalue weighted by Gasteiger charge is -2.08. The molecule has 2 rings (SSSR count). The predicted molar refractivity (Wildman–Crippen MR) is 71.5 cm³/mol. The summed E-state index contributed by atoms with van der Waals surface area (Å²) in [6.45, 7) is 1.77. The fourth-order valence-corrected chi connectivity index (χ4v) is 1.87. The summed E-state index contributed by atoms with van der Waals surface area (Å²) in [6, 6.07) is 4.20. The fraction of sp³-hybridized carbons (Fsp3) is 0.167. The Hall–Kier alpha value is -2.77. The Labute approximate surface area is 113 Å². The van der Waals surface area contributed by atoms with Gasteiger partial charge in [-0.15, -0.1) is 0 Å². The number of nitro groups is 1. The van der Waals surface area contributed by atoms with E-state index in [0.717, 1.165) is 5.56 Å².